The third-order valence-electron chi connectivity index (χ3n) is 2.05. The van der Waals surface area contributed by atoms with Gasteiger partial charge in [-0.3, -0.25) is 4.79 Å². The molecule has 0 unspecified atom stereocenters. The number of carbonyl (C=O) groups is 1. The second-order valence-electron chi connectivity index (χ2n) is 4.03. The van der Waals surface area contributed by atoms with Crippen LogP contribution < -0.4 is 10.1 Å². The van der Waals surface area contributed by atoms with E-state index in [1.54, 1.807) is 13.8 Å². The first-order valence-electron chi connectivity index (χ1n) is 5.57. The predicted molar refractivity (Wildman–Crippen MR) is 64.1 cm³/mol. The number of nitrogens with one attached hydrogen (secondary N) is 1. The van der Waals surface area contributed by atoms with Crippen LogP contribution in [0.5, 0.6) is 5.88 Å². The summed E-state index contributed by atoms with van der Waals surface area (Å²) in [4.78, 5) is 19.1. The molecule has 100 valence electrons. The van der Waals surface area contributed by atoms with Crippen LogP contribution in [0, 0.1) is 5.92 Å². The number of amides is 1. The summed E-state index contributed by atoms with van der Waals surface area (Å²) in [6.45, 7) is 3.07. The fourth-order valence-corrected chi connectivity index (χ4v) is 0.992. The van der Waals surface area contributed by atoms with Crippen molar-refractivity contribution in [3.63, 3.8) is 0 Å². The molecular weight excluding hydrogens is 238 g/mol. The maximum atomic E-state index is 11.5. The maximum Gasteiger partial charge on any atom is 0.228 e. The van der Waals surface area contributed by atoms with E-state index in [1.807, 2.05) is 0 Å². The quantitative estimate of drug-likeness (QED) is 0.650. The molecule has 0 aliphatic carbocycles. The molecule has 0 aliphatic heterocycles. The third kappa shape index (κ3) is 4.64. The SMILES string of the molecule is CC(C)C(=O)Nc1cc(OC[C@H](O)CO)ncn1. The minimum absolute atomic E-state index is 0.0783. The Hall–Kier alpha value is -1.73. The minimum Gasteiger partial charge on any atom is -0.475 e. The zero-order chi connectivity index (χ0) is 13.5. The van der Waals surface area contributed by atoms with Crippen LogP contribution in [0.4, 0.5) is 5.82 Å². The van der Waals surface area contributed by atoms with Crippen LogP contribution in [0.3, 0.4) is 0 Å². The third-order valence-corrected chi connectivity index (χ3v) is 2.05. The summed E-state index contributed by atoms with van der Waals surface area (Å²) in [5.74, 6) is 0.240. The molecule has 0 aliphatic rings. The van der Waals surface area contributed by atoms with Gasteiger partial charge in [0.05, 0.1) is 6.61 Å². The number of ether oxygens (including phenoxy) is 1. The zero-order valence-electron chi connectivity index (χ0n) is 10.3. The summed E-state index contributed by atoms with van der Waals surface area (Å²) < 4.78 is 5.13. The van der Waals surface area contributed by atoms with Crippen molar-refractivity contribution in [1.82, 2.24) is 9.97 Å². The Bertz CT molecular complexity index is 398. The molecule has 1 heterocycles. The molecule has 0 spiro atoms. The van der Waals surface area contributed by atoms with Crippen molar-refractivity contribution in [2.45, 2.75) is 20.0 Å². The standard InChI is InChI=1S/C11H17N3O4/c1-7(2)11(17)14-9-3-10(13-6-12-9)18-5-8(16)4-15/h3,6-8,15-16H,4-5H2,1-2H3,(H,12,13,14,17)/t8-/m1/s1. The number of hydrogen-bond donors (Lipinski definition) is 3. The highest BCUT2D eigenvalue weighted by Gasteiger charge is 2.09. The van der Waals surface area contributed by atoms with Crippen molar-refractivity contribution in [3.8, 4) is 5.88 Å². The molecule has 0 saturated heterocycles. The van der Waals surface area contributed by atoms with Crippen molar-refractivity contribution in [2.24, 2.45) is 5.92 Å². The summed E-state index contributed by atoms with van der Waals surface area (Å²) in [5, 5.41) is 20.3. The summed E-state index contributed by atoms with van der Waals surface area (Å²) in [6, 6.07) is 1.45. The Morgan fingerprint density at radius 2 is 2.22 bits per heavy atom. The van der Waals surface area contributed by atoms with Crippen molar-refractivity contribution >= 4 is 11.7 Å². The molecule has 0 saturated carbocycles. The maximum absolute atomic E-state index is 11.5. The van der Waals surface area contributed by atoms with Gasteiger partial charge in [-0.25, -0.2) is 9.97 Å². The van der Waals surface area contributed by atoms with E-state index < -0.39 is 6.10 Å². The Labute approximate surface area is 105 Å². The molecule has 7 heteroatoms. The first-order valence-corrected chi connectivity index (χ1v) is 5.57. The summed E-state index contributed by atoms with van der Waals surface area (Å²) >= 11 is 0. The summed E-state index contributed by atoms with van der Waals surface area (Å²) in [7, 11) is 0. The Morgan fingerprint density at radius 3 is 2.83 bits per heavy atom. The van der Waals surface area contributed by atoms with E-state index in [0.29, 0.717) is 5.82 Å². The number of aromatic nitrogens is 2. The zero-order valence-corrected chi connectivity index (χ0v) is 10.3. The van der Waals surface area contributed by atoms with Gasteiger partial charge in [0.2, 0.25) is 11.8 Å². The molecule has 1 aromatic heterocycles. The van der Waals surface area contributed by atoms with E-state index in [9.17, 15) is 4.79 Å². The number of rotatable bonds is 6. The average Bonchev–Trinajstić information content (AvgIpc) is 2.36. The molecular formula is C11H17N3O4. The summed E-state index contributed by atoms with van der Waals surface area (Å²) in [6.07, 6.45) is 0.282. The molecule has 1 rings (SSSR count). The van der Waals surface area contributed by atoms with E-state index in [2.05, 4.69) is 15.3 Å². The van der Waals surface area contributed by atoms with E-state index in [0.717, 1.165) is 0 Å². The second-order valence-corrected chi connectivity index (χ2v) is 4.03. The van der Waals surface area contributed by atoms with E-state index in [4.69, 9.17) is 14.9 Å². The van der Waals surface area contributed by atoms with Gasteiger partial charge < -0.3 is 20.3 Å². The van der Waals surface area contributed by atoms with Gasteiger partial charge in [-0.15, -0.1) is 0 Å². The first-order chi connectivity index (χ1) is 8.52. The van der Waals surface area contributed by atoms with Crippen LogP contribution in [-0.4, -0.2) is 45.4 Å². The van der Waals surface area contributed by atoms with Crippen molar-refractivity contribution in [1.29, 1.82) is 0 Å². The molecule has 0 bridgehead atoms. The van der Waals surface area contributed by atoms with Gasteiger partial charge in [0.15, 0.2) is 0 Å². The Kier molecular flexibility index (Phi) is 5.47. The number of aliphatic hydroxyl groups excluding tert-OH is 2. The number of nitrogens with zero attached hydrogens (tertiary/aromatic N) is 2. The molecule has 1 aromatic rings. The predicted octanol–water partition coefficient (Wildman–Crippen LogP) is -0.197. The highest BCUT2D eigenvalue weighted by molar-refractivity contribution is 5.91. The van der Waals surface area contributed by atoms with Gasteiger partial charge in [-0.05, 0) is 0 Å². The molecule has 0 radical (unpaired) electrons. The lowest BCUT2D eigenvalue weighted by molar-refractivity contribution is -0.118. The molecule has 1 amide bonds. The van der Waals surface area contributed by atoms with Crippen LogP contribution in [0.1, 0.15) is 13.8 Å². The van der Waals surface area contributed by atoms with Gasteiger partial charge in [0.25, 0.3) is 0 Å². The topological polar surface area (TPSA) is 105 Å². The lowest BCUT2D eigenvalue weighted by Gasteiger charge is -2.10. The minimum atomic E-state index is -0.964. The summed E-state index contributed by atoms with van der Waals surface area (Å²) in [5.41, 5.74) is 0. The molecule has 3 N–H and O–H groups in total. The van der Waals surface area contributed by atoms with Gasteiger partial charge in [0.1, 0.15) is 24.9 Å². The van der Waals surface area contributed by atoms with E-state index >= 15 is 0 Å². The molecule has 1 atom stereocenters. The van der Waals surface area contributed by atoms with Crippen LogP contribution >= 0.6 is 0 Å². The highest BCUT2D eigenvalue weighted by Crippen LogP contribution is 2.12. The monoisotopic (exact) mass is 255 g/mol. The van der Waals surface area contributed by atoms with Gasteiger partial charge >= 0.3 is 0 Å². The number of anilines is 1. The van der Waals surface area contributed by atoms with E-state index in [-0.39, 0.29) is 30.9 Å². The van der Waals surface area contributed by atoms with Crippen molar-refractivity contribution < 1.29 is 19.7 Å². The Morgan fingerprint density at radius 1 is 1.50 bits per heavy atom. The molecule has 0 fully saturated rings. The largest absolute Gasteiger partial charge is 0.475 e. The number of carbonyl (C=O) groups excluding carboxylic acids is 1. The van der Waals surface area contributed by atoms with Crippen molar-refractivity contribution in [2.75, 3.05) is 18.5 Å². The number of hydrogen-bond acceptors (Lipinski definition) is 6. The van der Waals surface area contributed by atoms with Gasteiger partial charge in [0, 0.05) is 12.0 Å². The number of aliphatic hydroxyl groups is 2. The average molecular weight is 255 g/mol. The second kappa shape index (κ2) is 6.87. The smallest absolute Gasteiger partial charge is 0.228 e. The Balaban J connectivity index is 2.59. The van der Waals surface area contributed by atoms with Crippen LogP contribution in [0.2, 0.25) is 0 Å². The molecule has 18 heavy (non-hydrogen) atoms. The lowest BCUT2D eigenvalue weighted by Crippen LogP contribution is -2.22. The van der Waals surface area contributed by atoms with Gasteiger partial charge in [-0.2, -0.15) is 0 Å². The van der Waals surface area contributed by atoms with Crippen LogP contribution in [0.15, 0.2) is 12.4 Å². The van der Waals surface area contributed by atoms with E-state index in [1.165, 1.54) is 12.4 Å². The fourth-order valence-electron chi connectivity index (χ4n) is 0.992. The van der Waals surface area contributed by atoms with Crippen LogP contribution in [0.25, 0.3) is 0 Å². The first kappa shape index (κ1) is 14.3. The highest BCUT2D eigenvalue weighted by atomic mass is 16.5. The van der Waals surface area contributed by atoms with Crippen molar-refractivity contribution in [3.05, 3.63) is 12.4 Å². The lowest BCUT2D eigenvalue weighted by atomic mass is 10.2. The molecule has 7 nitrogen and oxygen atoms in total. The normalized spacial score (nSPS) is 12.3. The molecule has 0 aromatic carbocycles. The fraction of sp³-hybridized carbons (Fsp3) is 0.545. The van der Waals surface area contributed by atoms with Crippen LogP contribution in [-0.2, 0) is 4.79 Å². The van der Waals surface area contributed by atoms with Gasteiger partial charge in [-0.1, -0.05) is 13.8 Å².